The van der Waals surface area contributed by atoms with E-state index in [0.717, 1.165) is 45.1 Å². The Bertz CT molecular complexity index is 1890. The molecule has 0 bridgehead atoms. The van der Waals surface area contributed by atoms with Gasteiger partial charge in [0.15, 0.2) is 18.9 Å². The monoisotopic (exact) mass is 736 g/mol. The van der Waals surface area contributed by atoms with E-state index in [1.807, 2.05) is 148 Å². The van der Waals surface area contributed by atoms with Crippen LogP contribution in [0.2, 0.25) is 0 Å². The highest BCUT2D eigenvalue weighted by Gasteiger charge is 2.34. The molecule has 0 amide bonds. The number of ether oxygens (including phenoxy) is 6. The molecule has 3 atom stereocenters. The molecular formula is C49H52O6. The van der Waals surface area contributed by atoms with Gasteiger partial charge in [0.1, 0.15) is 17.2 Å². The van der Waals surface area contributed by atoms with Crippen LogP contribution >= 0.6 is 0 Å². The molecular weight excluding hydrogens is 685 g/mol. The van der Waals surface area contributed by atoms with Crippen LogP contribution in [0.1, 0.15) is 73.9 Å². The Kier molecular flexibility index (Phi) is 13.8. The molecule has 0 saturated heterocycles. The second-order valence-corrected chi connectivity index (χ2v) is 14.3. The lowest BCUT2D eigenvalue weighted by Gasteiger charge is -2.36. The maximum Gasteiger partial charge on any atom is 0.197 e. The van der Waals surface area contributed by atoms with Gasteiger partial charge in [-0.3, -0.25) is 0 Å². The Morgan fingerprint density at radius 2 is 0.673 bits per heavy atom. The van der Waals surface area contributed by atoms with Crippen molar-refractivity contribution in [1.29, 1.82) is 0 Å². The topological polar surface area (TPSA) is 55.4 Å². The molecule has 0 aromatic heterocycles. The summed E-state index contributed by atoms with van der Waals surface area (Å²) in [6.45, 7) is 11.8. The Balaban J connectivity index is 1.17. The highest BCUT2D eigenvalue weighted by molar-refractivity contribution is 5.45. The summed E-state index contributed by atoms with van der Waals surface area (Å²) in [5.41, 5.74) is 6.49. The van der Waals surface area contributed by atoms with Crippen molar-refractivity contribution in [3.8, 4) is 17.2 Å². The Morgan fingerprint density at radius 3 is 0.982 bits per heavy atom. The van der Waals surface area contributed by atoms with Crippen LogP contribution in [0.15, 0.2) is 164 Å². The van der Waals surface area contributed by atoms with Gasteiger partial charge in [0.25, 0.3) is 0 Å². The summed E-state index contributed by atoms with van der Waals surface area (Å²) < 4.78 is 36.4. The van der Waals surface area contributed by atoms with Gasteiger partial charge in [-0.1, -0.05) is 141 Å². The van der Waals surface area contributed by atoms with E-state index in [-0.39, 0.29) is 11.3 Å². The lowest BCUT2D eigenvalue weighted by Crippen LogP contribution is -2.28. The first kappa shape index (κ1) is 39.3. The smallest absolute Gasteiger partial charge is 0.197 e. The van der Waals surface area contributed by atoms with Crippen molar-refractivity contribution < 1.29 is 28.4 Å². The minimum absolute atomic E-state index is 0.00555. The fourth-order valence-electron chi connectivity index (χ4n) is 6.67. The molecule has 6 aromatic rings. The largest absolute Gasteiger partial charge is 0.465 e. The van der Waals surface area contributed by atoms with Gasteiger partial charge in [-0.15, -0.1) is 0 Å². The van der Waals surface area contributed by atoms with Gasteiger partial charge >= 0.3 is 0 Å². The summed E-state index contributed by atoms with van der Waals surface area (Å²) in [7, 11) is 0. The molecule has 3 unspecified atom stereocenters. The molecule has 0 aliphatic carbocycles. The minimum atomic E-state index is -0.405. The molecule has 0 spiro atoms. The van der Waals surface area contributed by atoms with Gasteiger partial charge in [-0.2, -0.15) is 0 Å². The number of rotatable bonds is 19. The first-order valence-corrected chi connectivity index (χ1v) is 19.0. The zero-order valence-electron chi connectivity index (χ0n) is 32.5. The van der Waals surface area contributed by atoms with Crippen LogP contribution in [-0.2, 0) is 39.4 Å². The van der Waals surface area contributed by atoms with E-state index >= 15 is 0 Å². The van der Waals surface area contributed by atoms with E-state index in [1.165, 1.54) is 5.56 Å². The molecule has 6 heteroatoms. The SMILES string of the molecule is CC(OCc1ccccc1)Oc1ccc(C(c2ccc(OC(C)OCc3ccccc3)cc2)C(C)(C)c2ccc(OC(C)OCc3ccccc3)cc2)cc1. The zero-order chi connectivity index (χ0) is 38.5. The van der Waals surface area contributed by atoms with Crippen LogP contribution in [0, 0.1) is 0 Å². The third kappa shape index (κ3) is 11.5. The average molecular weight is 737 g/mol. The first-order chi connectivity index (χ1) is 26.7. The van der Waals surface area contributed by atoms with Crippen molar-refractivity contribution in [1.82, 2.24) is 0 Å². The molecule has 55 heavy (non-hydrogen) atoms. The van der Waals surface area contributed by atoms with E-state index in [1.54, 1.807) is 0 Å². The molecule has 284 valence electrons. The van der Waals surface area contributed by atoms with Gasteiger partial charge in [0.05, 0.1) is 19.8 Å². The molecule has 6 aromatic carbocycles. The van der Waals surface area contributed by atoms with Crippen LogP contribution in [0.5, 0.6) is 17.2 Å². The lowest BCUT2D eigenvalue weighted by atomic mass is 9.67. The number of hydrogen-bond donors (Lipinski definition) is 0. The Morgan fingerprint density at radius 1 is 0.382 bits per heavy atom. The van der Waals surface area contributed by atoms with Crippen molar-refractivity contribution in [3.05, 3.63) is 197 Å². The van der Waals surface area contributed by atoms with Crippen LogP contribution in [0.25, 0.3) is 0 Å². The standard InChI is InChI=1S/C49H52O6/c1-36(50-33-39-15-9-6-10-16-39)53-45-27-21-42(22-28-45)48(43-23-29-46(30-24-43)54-37(2)51-34-40-17-11-7-12-18-40)49(4,5)44-25-31-47(32-26-44)55-38(3)52-35-41-19-13-8-14-20-41/h6-32,36-38,48H,33-35H2,1-5H3. The molecule has 0 heterocycles. The second kappa shape index (κ2) is 19.3. The molecule has 0 aliphatic rings. The van der Waals surface area contributed by atoms with Gasteiger partial charge in [0.2, 0.25) is 0 Å². The van der Waals surface area contributed by atoms with Crippen LogP contribution < -0.4 is 14.2 Å². The summed E-state index contributed by atoms with van der Waals surface area (Å²) >= 11 is 0. The summed E-state index contributed by atoms with van der Waals surface area (Å²) in [6.07, 6.45) is -1.21. The quantitative estimate of drug-likeness (QED) is 0.0772. The average Bonchev–Trinajstić information content (AvgIpc) is 3.21. The fraction of sp³-hybridized carbons (Fsp3) is 0.265. The molecule has 6 rings (SSSR count). The van der Waals surface area contributed by atoms with Gasteiger partial charge in [0, 0.05) is 11.3 Å². The maximum absolute atomic E-state index is 6.16. The van der Waals surface area contributed by atoms with E-state index in [4.69, 9.17) is 28.4 Å². The van der Waals surface area contributed by atoms with E-state index in [2.05, 4.69) is 50.2 Å². The lowest BCUT2D eigenvalue weighted by molar-refractivity contribution is -0.0762. The summed E-state index contributed by atoms with van der Waals surface area (Å²) in [5.74, 6) is 2.25. The van der Waals surface area contributed by atoms with Gasteiger partial charge < -0.3 is 28.4 Å². The number of benzene rings is 6. The van der Waals surface area contributed by atoms with Crippen LogP contribution in [0.4, 0.5) is 0 Å². The molecule has 0 aliphatic heterocycles. The molecule has 0 saturated carbocycles. The molecule has 6 nitrogen and oxygen atoms in total. The van der Waals surface area contributed by atoms with Crippen LogP contribution in [0.3, 0.4) is 0 Å². The highest BCUT2D eigenvalue weighted by atomic mass is 16.7. The van der Waals surface area contributed by atoms with Gasteiger partial charge in [-0.25, -0.2) is 0 Å². The second-order valence-electron chi connectivity index (χ2n) is 14.3. The molecule has 0 radical (unpaired) electrons. The summed E-state index contributed by atoms with van der Waals surface area (Å²) in [5, 5.41) is 0. The zero-order valence-corrected chi connectivity index (χ0v) is 32.5. The third-order valence-electron chi connectivity index (χ3n) is 9.64. The van der Waals surface area contributed by atoms with Crippen molar-refractivity contribution in [2.45, 2.75) is 84.6 Å². The van der Waals surface area contributed by atoms with Crippen molar-refractivity contribution in [2.24, 2.45) is 0 Å². The molecule has 0 fully saturated rings. The third-order valence-corrected chi connectivity index (χ3v) is 9.64. The minimum Gasteiger partial charge on any atom is -0.465 e. The van der Waals surface area contributed by atoms with Gasteiger partial charge in [-0.05, 0) is 90.6 Å². The first-order valence-electron chi connectivity index (χ1n) is 19.0. The fourth-order valence-corrected chi connectivity index (χ4v) is 6.67. The van der Waals surface area contributed by atoms with E-state index in [0.29, 0.717) is 19.8 Å². The highest BCUT2D eigenvalue weighted by Crippen LogP contribution is 2.44. The Hall–Kier alpha value is -5.40. The van der Waals surface area contributed by atoms with Crippen molar-refractivity contribution in [2.75, 3.05) is 0 Å². The van der Waals surface area contributed by atoms with Crippen molar-refractivity contribution in [3.63, 3.8) is 0 Å². The maximum atomic E-state index is 6.16. The number of hydrogen-bond acceptors (Lipinski definition) is 6. The normalized spacial score (nSPS) is 13.7. The van der Waals surface area contributed by atoms with E-state index in [9.17, 15) is 0 Å². The Labute approximate surface area is 326 Å². The predicted octanol–water partition coefficient (Wildman–Crippen LogP) is 11.6. The summed E-state index contributed by atoms with van der Waals surface area (Å²) in [4.78, 5) is 0. The summed E-state index contributed by atoms with van der Waals surface area (Å²) in [6, 6.07) is 55.4. The predicted molar refractivity (Wildman–Crippen MR) is 218 cm³/mol. The van der Waals surface area contributed by atoms with Crippen molar-refractivity contribution >= 4 is 0 Å². The molecule has 0 N–H and O–H groups in total. The van der Waals surface area contributed by atoms with Crippen LogP contribution in [-0.4, -0.2) is 18.9 Å². The van der Waals surface area contributed by atoms with E-state index < -0.39 is 18.9 Å².